The van der Waals surface area contributed by atoms with Crippen LogP contribution in [0.4, 0.5) is 0 Å². The Hall–Kier alpha value is -2.49. The number of carbonyl (C=O) groups is 1. The minimum atomic E-state index is -0.461. The molecule has 0 amide bonds. The maximum absolute atomic E-state index is 12.2. The van der Waals surface area contributed by atoms with Gasteiger partial charge in [0.1, 0.15) is 17.2 Å². The molecule has 0 atom stereocenters. The lowest BCUT2D eigenvalue weighted by molar-refractivity contribution is 0.0734. The van der Waals surface area contributed by atoms with Gasteiger partial charge in [0.05, 0.1) is 12.2 Å². The first-order valence-electron chi connectivity index (χ1n) is 10.9. The SMILES string of the molecule is CCCCCCCCCCCCOc1cccc(OC(=O)c2ccc(O)cc2)c1. The molecule has 2 rings (SSSR count). The van der Waals surface area contributed by atoms with E-state index in [-0.39, 0.29) is 5.75 Å². The Morgan fingerprint density at radius 3 is 2.03 bits per heavy atom. The molecule has 0 unspecified atom stereocenters. The Morgan fingerprint density at radius 2 is 1.38 bits per heavy atom. The molecule has 0 aliphatic rings. The maximum atomic E-state index is 12.2. The summed E-state index contributed by atoms with van der Waals surface area (Å²) in [5.74, 6) is 0.807. The highest BCUT2D eigenvalue weighted by Gasteiger charge is 2.09. The summed E-state index contributed by atoms with van der Waals surface area (Å²) >= 11 is 0. The number of rotatable bonds is 14. The molecule has 0 bridgehead atoms. The summed E-state index contributed by atoms with van der Waals surface area (Å²) in [6.07, 6.45) is 13.0. The van der Waals surface area contributed by atoms with Gasteiger partial charge in [-0.25, -0.2) is 4.79 Å². The van der Waals surface area contributed by atoms with Gasteiger partial charge in [-0.1, -0.05) is 70.8 Å². The molecule has 4 nitrogen and oxygen atoms in total. The molecule has 0 saturated heterocycles. The summed E-state index contributed by atoms with van der Waals surface area (Å²) < 4.78 is 11.2. The number of benzene rings is 2. The Kier molecular flexibility index (Phi) is 10.7. The smallest absolute Gasteiger partial charge is 0.343 e. The number of unbranched alkanes of at least 4 members (excludes halogenated alkanes) is 9. The first-order valence-corrected chi connectivity index (χ1v) is 10.9. The van der Waals surface area contributed by atoms with E-state index in [4.69, 9.17) is 9.47 Å². The fraction of sp³-hybridized carbons (Fsp3) is 0.480. The van der Waals surface area contributed by atoms with Gasteiger partial charge in [0.15, 0.2) is 0 Å². The van der Waals surface area contributed by atoms with Crippen LogP contribution in [-0.2, 0) is 0 Å². The number of esters is 1. The lowest BCUT2D eigenvalue weighted by Gasteiger charge is -2.09. The Bertz CT molecular complexity index is 709. The summed E-state index contributed by atoms with van der Waals surface area (Å²) in [6, 6.07) is 13.1. The third-order valence-corrected chi connectivity index (χ3v) is 4.89. The Morgan fingerprint density at radius 1 is 0.793 bits per heavy atom. The van der Waals surface area contributed by atoms with E-state index < -0.39 is 5.97 Å². The molecule has 0 aliphatic carbocycles. The molecule has 29 heavy (non-hydrogen) atoms. The number of ether oxygens (including phenoxy) is 2. The van der Waals surface area contributed by atoms with Gasteiger partial charge in [-0.3, -0.25) is 0 Å². The van der Waals surface area contributed by atoms with Crippen LogP contribution in [0.15, 0.2) is 48.5 Å². The molecule has 0 aliphatic heterocycles. The fourth-order valence-electron chi connectivity index (χ4n) is 3.17. The Balaban J connectivity index is 1.61. The van der Waals surface area contributed by atoms with E-state index in [0.717, 1.165) is 6.42 Å². The molecule has 0 radical (unpaired) electrons. The van der Waals surface area contributed by atoms with Gasteiger partial charge in [-0.2, -0.15) is 0 Å². The van der Waals surface area contributed by atoms with Crippen LogP contribution in [0.5, 0.6) is 17.2 Å². The summed E-state index contributed by atoms with van der Waals surface area (Å²) in [4.78, 5) is 12.2. The first kappa shape index (κ1) is 22.8. The standard InChI is InChI=1S/C25H34O4/c1-2-3-4-5-6-7-8-9-10-11-19-28-23-13-12-14-24(20-23)29-25(27)21-15-17-22(26)18-16-21/h12-18,20,26H,2-11,19H2,1H3. The van der Waals surface area contributed by atoms with Crippen molar-refractivity contribution < 1.29 is 19.4 Å². The molecule has 0 fully saturated rings. The normalized spacial score (nSPS) is 10.7. The van der Waals surface area contributed by atoms with E-state index in [0.29, 0.717) is 23.7 Å². The highest BCUT2D eigenvalue weighted by molar-refractivity contribution is 5.91. The van der Waals surface area contributed by atoms with Crippen molar-refractivity contribution in [2.75, 3.05) is 6.61 Å². The zero-order chi connectivity index (χ0) is 20.7. The predicted octanol–water partition coefficient (Wildman–Crippen LogP) is 6.91. The average Bonchev–Trinajstić information content (AvgIpc) is 2.73. The highest BCUT2D eigenvalue weighted by Crippen LogP contribution is 2.21. The van der Waals surface area contributed by atoms with E-state index in [1.54, 1.807) is 12.1 Å². The summed E-state index contributed by atoms with van der Waals surface area (Å²) in [6.45, 7) is 2.93. The van der Waals surface area contributed by atoms with Crippen LogP contribution in [0.3, 0.4) is 0 Å². The molecule has 0 spiro atoms. The number of hydrogen-bond donors (Lipinski definition) is 1. The molecule has 0 aromatic heterocycles. The predicted molar refractivity (Wildman–Crippen MR) is 117 cm³/mol. The first-order chi connectivity index (χ1) is 14.2. The van der Waals surface area contributed by atoms with E-state index in [1.807, 2.05) is 12.1 Å². The quantitative estimate of drug-likeness (QED) is 0.213. The van der Waals surface area contributed by atoms with Crippen LogP contribution < -0.4 is 9.47 Å². The molecule has 4 heteroatoms. The van der Waals surface area contributed by atoms with E-state index in [1.165, 1.54) is 82.1 Å². The lowest BCUT2D eigenvalue weighted by Crippen LogP contribution is -2.08. The van der Waals surface area contributed by atoms with Gasteiger partial charge in [0.25, 0.3) is 0 Å². The topological polar surface area (TPSA) is 55.8 Å². The molecular weight excluding hydrogens is 364 g/mol. The summed E-state index contributed by atoms with van der Waals surface area (Å²) in [7, 11) is 0. The van der Waals surface area contributed by atoms with Gasteiger partial charge in [0.2, 0.25) is 0 Å². The second-order valence-corrected chi connectivity index (χ2v) is 7.44. The van der Waals surface area contributed by atoms with Gasteiger partial charge >= 0.3 is 5.97 Å². The zero-order valence-electron chi connectivity index (χ0n) is 17.6. The monoisotopic (exact) mass is 398 g/mol. The third kappa shape index (κ3) is 9.51. The largest absolute Gasteiger partial charge is 0.508 e. The van der Waals surface area contributed by atoms with Crippen molar-refractivity contribution in [1.82, 2.24) is 0 Å². The zero-order valence-corrected chi connectivity index (χ0v) is 17.6. The minimum Gasteiger partial charge on any atom is -0.508 e. The van der Waals surface area contributed by atoms with Gasteiger partial charge in [-0.15, -0.1) is 0 Å². The van der Waals surface area contributed by atoms with Crippen LogP contribution in [0, 0.1) is 0 Å². The summed E-state index contributed by atoms with van der Waals surface area (Å²) in [5.41, 5.74) is 0.388. The molecule has 2 aromatic carbocycles. The fourth-order valence-corrected chi connectivity index (χ4v) is 3.17. The van der Waals surface area contributed by atoms with E-state index >= 15 is 0 Å². The second-order valence-electron chi connectivity index (χ2n) is 7.44. The molecule has 0 saturated carbocycles. The average molecular weight is 399 g/mol. The van der Waals surface area contributed by atoms with Crippen LogP contribution in [-0.4, -0.2) is 17.7 Å². The summed E-state index contributed by atoms with van der Waals surface area (Å²) in [5, 5.41) is 9.30. The van der Waals surface area contributed by atoms with Crippen molar-refractivity contribution in [2.24, 2.45) is 0 Å². The van der Waals surface area contributed by atoms with Crippen molar-refractivity contribution >= 4 is 5.97 Å². The molecule has 0 heterocycles. The van der Waals surface area contributed by atoms with Crippen LogP contribution in [0.2, 0.25) is 0 Å². The number of phenols is 1. The number of hydrogen-bond acceptors (Lipinski definition) is 4. The van der Waals surface area contributed by atoms with Crippen LogP contribution >= 0.6 is 0 Å². The highest BCUT2D eigenvalue weighted by atomic mass is 16.5. The van der Waals surface area contributed by atoms with Crippen molar-refractivity contribution in [1.29, 1.82) is 0 Å². The van der Waals surface area contributed by atoms with Gasteiger partial charge < -0.3 is 14.6 Å². The molecule has 2 aromatic rings. The van der Waals surface area contributed by atoms with Crippen molar-refractivity contribution in [3.63, 3.8) is 0 Å². The number of phenolic OH excluding ortho intramolecular Hbond substituents is 1. The molecule has 158 valence electrons. The molecule has 1 N–H and O–H groups in total. The van der Waals surface area contributed by atoms with E-state index in [2.05, 4.69) is 6.92 Å². The lowest BCUT2D eigenvalue weighted by atomic mass is 10.1. The van der Waals surface area contributed by atoms with Crippen LogP contribution in [0.1, 0.15) is 81.5 Å². The Labute approximate surface area is 174 Å². The van der Waals surface area contributed by atoms with Gasteiger partial charge in [-0.05, 0) is 42.8 Å². The minimum absolute atomic E-state index is 0.115. The maximum Gasteiger partial charge on any atom is 0.343 e. The van der Waals surface area contributed by atoms with Crippen molar-refractivity contribution in [3.05, 3.63) is 54.1 Å². The van der Waals surface area contributed by atoms with Crippen LogP contribution in [0.25, 0.3) is 0 Å². The number of carbonyl (C=O) groups excluding carboxylic acids is 1. The number of aromatic hydroxyl groups is 1. The van der Waals surface area contributed by atoms with E-state index in [9.17, 15) is 9.90 Å². The van der Waals surface area contributed by atoms with Crippen molar-refractivity contribution in [3.8, 4) is 17.2 Å². The van der Waals surface area contributed by atoms with Gasteiger partial charge in [0, 0.05) is 6.07 Å². The second kappa shape index (κ2) is 13.6. The molecular formula is C25H34O4. The van der Waals surface area contributed by atoms with Crippen molar-refractivity contribution in [2.45, 2.75) is 71.1 Å². The third-order valence-electron chi connectivity index (χ3n) is 4.89.